The van der Waals surface area contributed by atoms with E-state index >= 15 is 0 Å². The third kappa shape index (κ3) is 3.47. The first-order valence-electron chi connectivity index (χ1n) is 15.9. The summed E-state index contributed by atoms with van der Waals surface area (Å²) in [5.41, 5.74) is 11.9. The van der Waals surface area contributed by atoms with Crippen LogP contribution >= 0.6 is 0 Å². The number of aromatic nitrogens is 2. The number of hydrogen-bond donors (Lipinski definition) is 0. The van der Waals surface area contributed by atoms with Crippen LogP contribution in [0, 0.1) is 28.6 Å². The van der Waals surface area contributed by atoms with Gasteiger partial charge in [-0.1, -0.05) is 92.7 Å². The molecule has 0 fully saturated rings. The fourth-order valence-corrected chi connectivity index (χ4v) is 8.31. The Bertz CT molecular complexity index is 2510. The molecule has 4 nitrogen and oxygen atoms in total. The van der Waals surface area contributed by atoms with Crippen LogP contribution in [0.3, 0.4) is 0 Å². The topological polar surface area (TPSA) is 57.4 Å². The van der Waals surface area contributed by atoms with E-state index in [-0.39, 0.29) is 11.5 Å². The summed E-state index contributed by atoms with van der Waals surface area (Å²) in [4.78, 5) is 0. The predicted molar refractivity (Wildman–Crippen MR) is 187 cm³/mol. The van der Waals surface area contributed by atoms with E-state index in [1.807, 2.05) is 12.2 Å². The van der Waals surface area contributed by atoms with Gasteiger partial charge in [0.05, 0.1) is 34.8 Å². The summed E-state index contributed by atoms with van der Waals surface area (Å²) >= 11 is 0. The summed E-state index contributed by atoms with van der Waals surface area (Å²) < 4.78 is 4.55. The molecule has 3 aliphatic rings. The highest BCUT2D eigenvalue weighted by Gasteiger charge is 2.38. The van der Waals surface area contributed by atoms with Crippen molar-refractivity contribution >= 4 is 44.5 Å². The largest absolute Gasteiger partial charge is 0.332 e. The molecule has 4 heteroatoms. The Hall–Kier alpha value is -5.84. The second kappa shape index (κ2) is 9.58. The van der Waals surface area contributed by atoms with Crippen LogP contribution in [-0.4, -0.2) is 9.13 Å². The summed E-state index contributed by atoms with van der Waals surface area (Å²) in [6.07, 6.45) is 13.2. The summed E-state index contributed by atoms with van der Waals surface area (Å²) in [7, 11) is 0. The zero-order valence-corrected chi connectivity index (χ0v) is 25.7. The molecule has 0 saturated heterocycles. The maximum absolute atomic E-state index is 11.1. The van der Waals surface area contributed by atoms with Gasteiger partial charge in [0.2, 0.25) is 0 Å². The highest BCUT2D eigenvalue weighted by Crippen LogP contribution is 2.52. The first-order valence-corrected chi connectivity index (χ1v) is 15.9. The molecule has 0 amide bonds. The average molecular weight is 591 g/mol. The Kier molecular flexibility index (Phi) is 5.53. The Balaban J connectivity index is 1.32. The maximum atomic E-state index is 11.1. The van der Waals surface area contributed by atoms with Crippen molar-refractivity contribution in [1.29, 1.82) is 10.5 Å². The van der Waals surface area contributed by atoms with E-state index in [2.05, 4.69) is 144 Å². The van der Waals surface area contributed by atoms with Gasteiger partial charge in [-0.2, -0.15) is 10.5 Å². The van der Waals surface area contributed by atoms with Crippen LogP contribution in [0.15, 0.2) is 121 Å². The van der Waals surface area contributed by atoms with Crippen molar-refractivity contribution in [2.75, 3.05) is 0 Å². The minimum Gasteiger partial charge on any atom is -0.332 e. The van der Waals surface area contributed by atoms with Crippen molar-refractivity contribution in [3.63, 3.8) is 0 Å². The van der Waals surface area contributed by atoms with E-state index in [1.165, 1.54) is 33.2 Å². The van der Waals surface area contributed by atoms with Gasteiger partial charge < -0.3 is 9.13 Å². The van der Waals surface area contributed by atoms with Crippen molar-refractivity contribution in [1.82, 2.24) is 9.13 Å². The van der Waals surface area contributed by atoms with Gasteiger partial charge in [0, 0.05) is 38.5 Å². The lowest BCUT2D eigenvalue weighted by molar-refractivity contribution is 0.540. The van der Waals surface area contributed by atoms with Gasteiger partial charge in [0.25, 0.3) is 0 Å². The quantitative estimate of drug-likeness (QED) is 0.202. The Morgan fingerprint density at radius 3 is 2.35 bits per heavy atom. The number of hydrogen-bond acceptors (Lipinski definition) is 2. The van der Waals surface area contributed by atoms with Gasteiger partial charge in [-0.15, -0.1) is 0 Å². The van der Waals surface area contributed by atoms with Crippen molar-refractivity contribution in [3.05, 3.63) is 143 Å². The van der Waals surface area contributed by atoms with Crippen molar-refractivity contribution in [3.8, 4) is 23.3 Å². The first-order chi connectivity index (χ1) is 22.5. The number of nitrogens with zero attached hydrogens (tertiary/aromatic N) is 4. The molecule has 4 aromatic carbocycles. The molecule has 2 atom stereocenters. The van der Waals surface area contributed by atoms with Gasteiger partial charge in [-0.25, -0.2) is 0 Å². The highest BCUT2D eigenvalue weighted by atomic mass is 15.1. The van der Waals surface area contributed by atoms with Crippen molar-refractivity contribution < 1.29 is 0 Å². The first kappa shape index (κ1) is 26.6. The summed E-state index contributed by atoms with van der Waals surface area (Å²) in [5, 5.41) is 24.9. The molecule has 0 bridgehead atoms. The van der Waals surface area contributed by atoms with Crippen LogP contribution in [0.1, 0.15) is 42.3 Å². The molecule has 0 spiro atoms. The summed E-state index contributed by atoms with van der Waals surface area (Å²) in [6, 6.07) is 35.1. The smallest absolute Gasteiger partial charge is 0.111 e. The molecule has 0 aliphatic heterocycles. The summed E-state index contributed by atoms with van der Waals surface area (Å²) in [5.74, 6) is -0.543. The number of nitriles is 2. The molecule has 9 rings (SSSR count). The lowest BCUT2D eigenvalue weighted by Gasteiger charge is -2.30. The number of allylic oxidation sites excluding steroid dienone is 7. The number of rotatable bonds is 2. The third-order valence-corrected chi connectivity index (χ3v) is 10.4. The second-order valence-corrected chi connectivity index (χ2v) is 13.1. The Morgan fingerprint density at radius 2 is 1.52 bits per heavy atom. The van der Waals surface area contributed by atoms with E-state index in [0.717, 1.165) is 45.1 Å². The number of fused-ring (bicyclic) bond motifs is 9. The van der Waals surface area contributed by atoms with Gasteiger partial charge in [0.1, 0.15) is 5.92 Å². The molecule has 46 heavy (non-hydrogen) atoms. The lowest BCUT2D eigenvalue weighted by Crippen LogP contribution is -2.24. The van der Waals surface area contributed by atoms with Crippen molar-refractivity contribution in [2.24, 2.45) is 5.92 Å². The van der Waals surface area contributed by atoms with E-state index in [4.69, 9.17) is 0 Å². The van der Waals surface area contributed by atoms with Gasteiger partial charge in [0.15, 0.2) is 0 Å². The molecule has 2 heterocycles. The fourth-order valence-electron chi connectivity index (χ4n) is 8.31. The lowest BCUT2D eigenvalue weighted by atomic mass is 9.82. The Morgan fingerprint density at radius 1 is 0.761 bits per heavy atom. The molecule has 0 N–H and O–H groups in total. The predicted octanol–water partition coefficient (Wildman–Crippen LogP) is 9.87. The van der Waals surface area contributed by atoms with Gasteiger partial charge >= 0.3 is 0 Å². The van der Waals surface area contributed by atoms with Crippen molar-refractivity contribution in [2.45, 2.75) is 31.7 Å². The minimum absolute atomic E-state index is 0.167. The van der Waals surface area contributed by atoms with Crippen LogP contribution in [0.4, 0.5) is 0 Å². The Labute approximate surface area is 267 Å². The van der Waals surface area contributed by atoms with Gasteiger partial charge in [-0.05, 0) is 76.7 Å². The third-order valence-electron chi connectivity index (χ3n) is 10.4. The molecule has 0 saturated carbocycles. The van der Waals surface area contributed by atoms with E-state index in [1.54, 1.807) is 0 Å². The molecule has 6 aromatic rings. The molecule has 0 radical (unpaired) electrons. The standard InChI is InChI=1S/C42H30N4/c1-42(2)34-16-9-6-12-27(34)31-22-32-30-15-8-11-19-38(30)46(41(32)23-35(31)42)40-21-26(24-43)20-39(33(40)25-44)45-36-17-5-3-4-13-28(36)29-14-7-10-18-37(29)45/h3-12,14-23,33,39H,13H2,1-2H3. The SMILES string of the molecule is CC1(C)c2ccccc2-c2cc3c4ccccc4n(C4=CC(C#N)=CC(n5c6c(c7ccccc75)CC=CC=C6)C4C#N)c3cc21. The van der Waals surface area contributed by atoms with E-state index in [9.17, 15) is 10.5 Å². The fraction of sp³-hybridized carbons (Fsp3) is 0.143. The monoisotopic (exact) mass is 590 g/mol. The normalized spacial score (nSPS) is 19.2. The van der Waals surface area contributed by atoms with E-state index < -0.39 is 5.92 Å². The maximum Gasteiger partial charge on any atom is 0.111 e. The molecule has 2 unspecified atom stereocenters. The second-order valence-electron chi connectivity index (χ2n) is 13.1. The van der Waals surface area contributed by atoms with Crippen LogP contribution in [0.25, 0.3) is 55.6 Å². The van der Waals surface area contributed by atoms with Crippen LogP contribution < -0.4 is 0 Å². The van der Waals surface area contributed by atoms with Crippen LogP contribution in [0.5, 0.6) is 0 Å². The molecular weight excluding hydrogens is 560 g/mol. The average Bonchev–Trinajstić information content (AvgIpc) is 3.56. The van der Waals surface area contributed by atoms with Gasteiger partial charge in [-0.3, -0.25) is 0 Å². The van der Waals surface area contributed by atoms with Crippen LogP contribution in [-0.2, 0) is 11.8 Å². The molecule has 2 aromatic heterocycles. The number of para-hydroxylation sites is 2. The number of benzene rings is 4. The highest BCUT2D eigenvalue weighted by molar-refractivity contribution is 6.12. The van der Waals surface area contributed by atoms with Crippen LogP contribution in [0.2, 0.25) is 0 Å². The summed E-state index contributed by atoms with van der Waals surface area (Å²) in [6.45, 7) is 4.60. The van der Waals surface area contributed by atoms with E-state index in [0.29, 0.717) is 5.57 Å². The minimum atomic E-state index is -0.543. The molecule has 3 aliphatic carbocycles. The zero-order valence-electron chi connectivity index (χ0n) is 25.7. The molecular formula is C42H30N4. The molecule has 218 valence electrons. The zero-order chi connectivity index (χ0) is 31.2.